The molecule has 116 valence electrons. The van der Waals surface area contributed by atoms with E-state index in [-0.39, 0.29) is 18.0 Å². The van der Waals surface area contributed by atoms with Crippen LogP contribution in [0.25, 0.3) is 0 Å². The molecule has 1 heterocycles. The number of pyridine rings is 1. The minimum atomic E-state index is -2.90. The van der Waals surface area contributed by atoms with Crippen molar-refractivity contribution in [3.63, 3.8) is 0 Å². The Morgan fingerprint density at radius 1 is 1.36 bits per heavy atom. The Balaban J connectivity index is 2.07. The maximum atomic E-state index is 12.0. The van der Waals surface area contributed by atoms with Gasteiger partial charge in [0, 0.05) is 5.56 Å². The van der Waals surface area contributed by atoms with E-state index in [0.717, 1.165) is 0 Å². The molecule has 2 rings (SSSR count). The summed E-state index contributed by atoms with van der Waals surface area (Å²) in [5.74, 6) is -0.0414. The third kappa shape index (κ3) is 3.87. The van der Waals surface area contributed by atoms with Crippen molar-refractivity contribution in [3.8, 4) is 5.75 Å². The number of ether oxygens (including phenoxy) is 1. The van der Waals surface area contributed by atoms with E-state index in [1.165, 1.54) is 18.3 Å². The van der Waals surface area contributed by atoms with Gasteiger partial charge >= 0.3 is 6.61 Å². The first-order valence-corrected chi connectivity index (χ1v) is 6.35. The lowest BCUT2D eigenvalue weighted by Crippen LogP contribution is -2.06. The zero-order valence-electron chi connectivity index (χ0n) is 11.6. The number of nitrogens with one attached hydrogen (secondary N) is 1. The normalized spacial score (nSPS) is 10.5. The van der Waals surface area contributed by atoms with Gasteiger partial charge in [0.25, 0.3) is 5.69 Å². The first kappa shape index (κ1) is 15.6. The minimum absolute atomic E-state index is 0.000142. The summed E-state index contributed by atoms with van der Waals surface area (Å²) in [7, 11) is 0. The molecule has 0 spiro atoms. The molecule has 1 aromatic heterocycles. The minimum Gasteiger partial charge on any atom is -0.433 e. The van der Waals surface area contributed by atoms with E-state index in [1.807, 2.05) is 0 Å². The van der Waals surface area contributed by atoms with Crippen molar-refractivity contribution >= 4 is 11.4 Å². The molecule has 0 aliphatic heterocycles. The average Bonchev–Trinajstić information content (AvgIpc) is 2.45. The second-order valence-corrected chi connectivity index (χ2v) is 4.45. The fourth-order valence-electron chi connectivity index (χ4n) is 1.92. The Kier molecular flexibility index (Phi) is 4.82. The van der Waals surface area contributed by atoms with Crippen LogP contribution in [0.5, 0.6) is 5.75 Å². The van der Waals surface area contributed by atoms with Crippen LogP contribution in [0.2, 0.25) is 0 Å². The summed E-state index contributed by atoms with van der Waals surface area (Å²) in [4.78, 5) is 14.6. The second kappa shape index (κ2) is 6.79. The van der Waals surface area contributed by atoms with Crippen molar-refractivity contribution in [2.75, 3.05) is 5.32 Å². The molecule has 2 aromatic rings. The predicted molar refractivity (Wildman–Crippen MR) is 76.0 cm³/mol. The molecular formula is C14H13F2N3O3. The van der Waals surface area contributed by atoms with Crippen molar-refractivity contribution < 1.29 is 18.4 Å². The summed E-state index contributed by atoms with van der Waals surface area (Å²) in [5.41, 5.74) is 1.46. The van der Waals surface area contributed by atoms with Gasteiger partial charge in [-0.3, -0.25) is 15.1 Å². The van der Waals surface area contributed by atoms with Crippen molar-refractivity contribution in [1.29, 1.82) is 0 Å². The third-order valence-corrected chi connectivity index (χ3v) is 2.90. The van der Waals surface area contributed by atoms with Gasteiger partial charge in [0.2, 0.25) is 0 Å². The second-order valence-electron chi connectivity index (χ2n) is 4.45. The summed E-state index contributed by atoms with van der Waals surface area (Å²) in [6, 6.07) is 7.82. The summed E-state index contributed by atoms with van der Waals surface area (Å²) in [6.45, 7) is -1.03. The highest BCUT2D eigenvalue weighted by atomic mass is 19.3. The summed E-state index contributed by atoms with van der Waals surface area (Å²) >= 11 is 0. The topological polar surface area (TPSA) is 77.3 Å². The Bertz CT molecular complexity index is 663. The number of benzene rings is 1. The zero-order valence-corrected chi connectivity index (χ0v) is 11.6. The van der Waals surface area contributed by atoms with Gasteiger partial charge in [0.05, 0.1) is 23.4 Å². The Labute approximate surface area is 124 Å². The van der Waals surface area contributed by atoms with Crippen LogP contribution in [-0.4, -0.2) is 16.5 Å². The van der Waals surface area contributed by atoms with Crippen LogP contribution in [-0.2, 0) is 6.54 Å². The molecule has 0 saturated carbocycles. The molecule has 0 atom stereocenters. The molecule has 0 unspecified atom stereocenters. The molecule has 6 nitrogen and oxygen atoms in total. The first-order chi connectivity index (χ1) is 10.5. The predicted octanol–water partition coefficient (Wildman–Crippen LogP) is 3.51. The van der Waals surface area contributed by atoms with Crippen LogP contribution in [0, 0.1) is 17.0 Å². The lowest BCUT2D eigenvalue weighted by molar-refractivity contribution is -0.384. The average molecular weight is 309 g/mol. The van der Waals surface area contributed by atoms with Crippen LogP contribution < -0.4 is 10.1 Å². The molecule has 0 aliphatic carbocycles. The highest BCUT2D eigenvalue weighted by Crippen LogP contribution is 2.28. The maximum Gasteiger partial charge on any atom is 0.387 e. The molecule has 1 aromatic carbocycles. The molecule has 0 saturated heterocycles. The quantitative estimate of drug-likeness (QED) is 0.652. The molecular weight excluding hydrogens is 296 g/mol. The van der Waals surface area contributed by atoms with Gasteiger partial charge in [-0.15, -0.1) is 0 Å². The Morgan fingerprint density at radius 3 is 2.73 bits per heavy atom. The standard InChI is InChI=1S/C14H13F2N3O3/c1-9-3-2-4-12(13(9)19(20)21)18-7-10-5-6-11(8-17-10)22-14(15)16/h2-6,8,14,18H,7H2,1H3. The number of para-hydroxylation sites is 1. The number of hydrogen-bond donors (Lipinski definition) is 1. The van der Waals surface area contributed by atoms with Gasteiger partial charge in [-0.25, -0.2) is 0 Å². The van der Waals surface area contributed by atoms with E-state index >= 15 is 0 Å². The molecule has 0 amide bonds. The largest absolute Gasteiger partial charge is 0.433 e. The molecule has 0 fully saturated rings. The fraction of sp³-hybridized carbons (Fsp3) is 0.214. The molecule has 0 aliphatic rings. The zero-order chi connectivity index (χ0) is 16.1. The van der Waals surface area contributed by atoms with Crippen molar-refractivity contribution in [2.45, 2.75) is 20.1 Å². The van der Waals surface area contributed by atoms with Gasteiger partial charge in [0.15, 0.2) is 0 Å². The van der Waals surface area contributed by atoms with E-state index in [1.54, 1.807) is 25.1 Å². The Morgan fingerprint density at radius 2 is 2.14 bits per heavy atom. The summed E-state index contributed by atoms with van der Waals surface area (Å²) in [5, 5.41) is 14.0. The van der Waals surface area contributed by atoms with Crippen molar-refractivity contribution in [2.24, 2.45) is 0 Å². The molecule has 0 radical (unpaired) electrons. The molecule has 0 bridgehead atoms. The number of nitrogens with zero attached hydrogens (tertiary/aromatic N) is 2. The van der Waals surface area contributed by atoms with E-state index in [2.05, 4.69) is 15.0 Å². The van der Waals surface area contributed by atoms with Gasteiger partial charge < -0.3 is 10.1 Å². The van der Waals surface area contributed by atoms with Crippen LogP contribution in [0.15, 0.2) is 36.5 Å². The van der Waals surface area contributed by atoms with Crippen LogP contribution in [0.1, 0.15) is 11.3 Å². The molecule has 8 heteroatoms. The first-order valence-electron chi connectivity index (χ1n) is 6.35. The number of anilines is 1. The fourth-order valence-corrected chi connectivity index (χ4v) is 1.92. The van der Waals surface area contributed by atoms with Gasteiger partial charge in [-0.05, 0) is 25.1 Å². The SMILES string of the molecule is Cc1cccc(NCc2ccc(OC(F)F)cn2)c1[N+](=O)[O-]. The van der Waals surface area contributed by atoms with Crippen molar-refractivity contribution in [1.82, 2.24) is 4.98 Å². The number of aryl methyl sites for hydroxylation is 1. The van der Waals surface area contributed by atoms with Gasteiger partial charge in [-0.1, -0.05) is 12.1 Å². The van der Waals surface area contributed by atoms with Crippen LogP contribution >= 0.6 is 0 Å². The molecule has 22 heavy (non-hydrogen) atoms. The number of aromatic nitrogens is 1. The third-order valence-electron chi connectivity index (χ3n) is 2.90. The number of halogens is 2. The highest BCUT2D eigenvalue weighted by Gasteiger charge is 2.16. The smallest absolute Gasteiger partial charge is 0.387 e. The number of nitro benzene ring substituents is 1. The van der Waals surface area contributed by atoms with Crippen LogP contribution in [0.3, 0.4) is 0 Å². The van der Waals surface area contributed by atoms with E-state index < -0.39 is 11.5 Å². The van der Waals surface area contributed by atoms with E-state index in [0.29, 0.717) is 16.9 Å². The number of alkyl halides is 2. The number of rotatable bonds is 6. The lowest BCUT2D eigenvalue weighted by Gasteiger charge is -2.09. The van der Waals surface area contributed by atoms with Gasteiger partial charge in [-0.2, -0.15) is 8.78 Å². The summed E-state index contributed by atoms with van der Waals surface area (Å²) < 4.78 is 28.2. The van der Waals surface area contributed by atoms with E-state index in [9.17, 15) is 18.9 Å². The molecule has 1 N–H and O–H groups in total. The highest BCUT2D eigenvalue weighted by molar-refractivity contribution is 5.65. The number of hydrogen-bond acceptors (Lipinski definition) is 5. The maximum absolute atomic E-state index is 12.0. The lowest BCUT2D eigenvalue weighted by atomic mass is 10.1. The summed E-state index contributed by atoms with van der Waals surface area (Å²) in [6.07, 6.45) is 1.17. The van der Waals surface area contributed by atoms with Crippen LogP contribution in [0.4, 0.5) is 20.2 Å². The monoisotopic (exact) mass is 309 g/mol. The van der Waals surface area contributed by atoms with Gasteiger partial charge in [0.1, 0.15) is 11.4 Å². The number of nitro groups is 1. The van der Waals surface area contributed by atoms with E-state index in [4.69, 9.17) is 0 Å². The van der Waals surface area contributed by atoms with Crippen molar-refractivity contribution in [3.05, 3.63) is 57.9 Å². The Hall–Kier alpha value is -2.77.